The second kappa shape index (κ2) is 5.25. The Hall–Kier alpha value is -1.12. The van der Waals surface area contributed by atoms with Gasteiger partial charge in [-0.2, -0.15) is 0 Å². The molecule has 0 radical (unpaired) electrons. The van der Waals surface area contributed by atoms with Gasteiger partial charge in [-0.25, -0.2) is 0 Å². The van der Waals surface area contributed by atoms with Crippen LogP contribution in [-0.2, 0) is 11.8 Å². The minimum atomic E-state index is 0.0951. The zero-order valence-corrected chi connectivity index (χ0v) is 12.1. The van der Waals surface area contributed by atoms with Crippen molar-refractivity contribution >= 4 is 11.3 Å². The standard InChI is InChI=1S/C16H21NS/c1-16(2,3)13-8-6-12(7-9-13)15(17)11-14-5-4-10-18-14/h4-10,15H,11,17H2,1-3H3. The van der Waals surface area contributed by atoms with Gasteiger partial charge in [-0.15, -0.1) is 11.3 Å². The number of hydrogen-bond donors (Lipinski definition) is 1. The summed E-state index contributed by atoms with van der Waals surface area (Å²) in [5.41, 5.74) is 9.03. The van der Waals surface area contributed by atoms with Crippen LogP contribution in [0.3, 0.4) is 0 Å². The molecule has 2 rings (SSSR count). The molecule has 0 aliphatic carbocycles. The lowest BCUT2D eigenvalue weighted by molar-refractivity contribution is 0.589. The van der Waals surface area contributed by atoms with Gasteiger partial charge < -0.3 is 5.73 Å². The van der Waals surface area contributed by atoms with Gasteiger partial charge in [-0.05, 0) is 28.0 Å². The van der Waals surface area contributed by atoms with Crippen LogP contribution in [0, 0.1) is 0 Å². The van der Waals surface area contributed by atoms with E-state index in [0.717, 1.165) is 6.42 Å². The Morgan fingerprint density at radius 2 is 1.78 bits per heavy atom. The summed E-state index contributed by atoms with van der Waals surface area (Å²) in [6, 6.07) is 13.0. The average molecular weight is 259 g/mol. The Morgan fingerprint density at radius 3 is 2.28 bits per heavy atom. The van der Waals surface area contributed by atoms with Crippen LogP contribution in [0.4, 0.5) is 0 Å². The first-order chi connectivity index (χ1) is 8.47. The summed E-state index contributed by atoms with van der Waals surface area (Å²) >= 11 is 1.77. The molecule has 2 aromatic rings. The third kappa shape index (κ3) is 3.21. The highest BCUT2D eigenvalue weighted by Crippen LogP contribution is 2.25. The maximum atomic E-state index is 6.25. The first kappa shape index (κ1) is 13.3. The van der Waals surface area contributed by atoms with Gasteiger partial charge in [-0.3, -0.25) is 0 Å². The third-order valence-electron chi connectivity index (χ3n) is 3.21. The molecule has 0 fully saturated rings. The van der Waals surface area contributed by atoms with Crippen LogP contribution in [0.1, 0.15) is 42.8 Å². The molecule has 18 heavy (non-hydrogen) atoms. The molecule has 2 heteroatoms. The van der Waals surface area contributed by atoms with Crippen LogP contribution >= 0.6 is 11.3 Å². The highest BCUT2D eigenvalue weighted by molar-refractivity contribution is 7.09. The highest BCUT2D eigenvalue weighted by Gasteiger charge is 2.14. The summed E-state index contributed by atoms with van der Waals surface area (Å²) < 4.78 is 0. The predicted octanol–water partition coefficient (Wildman–Crippen LogP) is 4.29. The van der Waals surface area contributed by atoms with Gasteiger partial charge >= 0.3 is 0 Å². The molecular formula is C16H21NS. The molecule has 2 N–H and O–H groups in total. The fourth-order valence-electron chi connectivity index (χ4n) is 1.99. The molecule has 0 saturated heterocycles. The second-order valence-corrected chi connectivity index (χ2v) is 6.79. The van der Waals surface area contributed by atoms with E-state index in [1.807, 2.05) is 0 Å². The van der Waals surface area contributed by atoms with Gasteiger partial charge in [0.1, 0.15) is 0 Å². The van der Waals surface area contributed by atoms with Crippen LogP contribution in [0.15, 0.2) is 41.8 Å². The first-order valence-electron chi connectivity index (χ1n) is 6.35. The maximum Gasteiger partial charge on any atom is 0.0343 e. The Bertz CT molecular complexity index is 477. The van der Waals surface area contributed by atoms with Gasteiger partial charge in [0.05, 0.1) is 0 Å². The number of thiophene rings is 1. The van der Waals surface area contributed by atoms with Crippen molar-refractivity contribution in [2.75, 3.05) is 0 Å². The van der Waals surface area contributed by atoms with E-state index in [0.29, 0.717) is 0 Å². The van der Waals surface area contributed by atoms with E-state index in [1.165, 1.54) is 16.0 Å². The van der Waals surface area contributed by atoms with Crippen LogP contribution in [0.25, 0.3) is 0 Å². The topological polar surface area (TPSA) is 26.0 Å². The quantitative estimate of drug-likeness (QED) is 0.874. The molecule has 0 amide bonds. The van der Waals surface area contributed by atoms with E-state index in [-0.39, 0.29) is 11.5 Å². The number of hydrogen-bond acceptors (Lipinski definition) is 2. The molecule has 1 aromatic heterocycles. The molecule has 1 heterocycles. The zero-order chi connectivity index (χ0) is 13.2. The van der Waals surface area contributed by atoms with Crippen molar-refractivity contribution in [2.24, 2.45) is 5.73 Å². The van der Waals surface area contributed by atoms with Crippen molar-refractivity contribution in [3.05, 3.63) is 57.8 Å². The second-order valence-electron chi connectivity index (χ2n) is 5.76. The first-order valence-corrected chi connectivity index (χ1v) is 7.23. The number of rotatable bonds is 3. The van der Waals surface area contributed by atoms with Crippen molar-refractivity contribution in [3.8, 4) is 0 Å². The molecule has 0 aliphatic heterocycles. The molecule has 1 atom stereocenters. The molecule has 0 saturated carbocycles. The molecule has 0 bridgehead atoms. The SMILES string of the molecule is CC(C)(C)c1ccc(C(N)Cc2cccs2)cc1. The zero-order valence-electron chi connectivity index (χ0n) is 11.3. The molecule has 1 aromatic carbocycles. The summed E-state index contributed by atoms with van der Waals surface area (Å²) in [5, 5.41) is 2.10. The Labute approximate surface area is 114 Å². The largest absolute Gasteiger partial charge is 0.324 e. The van der Waals surface area contributed by atoms with Crippen molar-refractivity contribution in [2.45, 2.75) is 38.6 Å². The summed E-state index contributed by atoms with van der Waals surface area (Å²) in [5.74, 6) is 0. The van der Waals surface area contributed by atoms with Crippen LogP contribution in [0.5, 0.6) is 0 Å². The van der Waals surface area contributed by atoms with Crippen molar-refractivity contribution in [3.63, 3.8) is 0 Å². The predicted molar refractivity (Wildman–Crippen MR) is 80.1 cm³/mol. The lowest BCUT2D eigenvalue weighted by Gasteiger charge is -2.20. The van der Waals surface area contributed by atoms with E-state index in [9.17, 15) is 0 Å². The fourth-order valence-corrected chi connectivity index (χ4v) is 2.76. The normalized spacial score (nSPS) is 13.6. The van der Waals surface area contributed by atoms with Crippen LogP contribution in [0.2, 0.25) is 0 Å². The fraction of sp³-hybridized carbons (Fsp3) is 0.375. The van der Waals surface area contributed by atoms with Crippen LogP contribution < -0.4 is 5.73 Å². The molecule has 0 aliphatic rings. The van der Waals surface area contributed by atoms with Gasteiger partial charge in [0.15, 0.2) is 0 Å². The van der Waals surface area contributed by atoms with Crippen molar-refractivity contribution in [1.29, 1.82) is 0 Å². The summed E-state index contributed by atoms with van der Waals surface area (Å²) in [4.78, 5) is 1.35. The van der Waals surface area contributed by atoms with Crippen LogP contribution in [-0.4, -0.2) is 0 Å². The van der Waals surface area contributed by atoms with Crippen molar-refractivity contribution in [1.82, 2.24) is 0 Å². The minimum absolute atomic E-state index is 0.0951. The van der Waals surface area contributed by atoms with Gasteiger partial charge in [0.25, 0.3) is 0 Å². The Balaban J connectivity index is 2.10. The lowest BCUT2D eigenvalue weighted by atomic mass is 9.86. The van der Waals surface area contributed by atoms with E-state index in [4.69, 9.17) is 5.73 Å². The van der Waals surface area contributed by atoms with E-state index < -0.39 is 0 Å². The van der Waals surface area contributed by atoms with E-state index >= 15 is 0 Å². The lowest BCUT2D eigenvalue weighted by Crippen LogP contribution is -2.14. The monoisotopic (exact) mass is 259 g/mol. The third-order valence-corrected chi connectivity index (χ3v) is 4.10. The summed E-state index contributed by atoms with van der Waals surface area (Å²) in [7, 11) is 0. The summed E-state index contributed by atoms with van der Waals surface area (Å²) in [6.07, 6.45) is 0.923. The molecular weight excluding hydrogens is 238 g/mol. The highest BCUT2D eigenvalue weighted by atomic mass is 32.1. The molecule has 0 spiro atoms. The van der Waals surface area contributed by atoms with Crippen molar-refractivity contribution < 1.29 is 0 Å². The van der Waals surface area contributed by atoms with E-state index in [2.05, 4.69) is 62.5 Å². The van der Waals surface area contributed by atoms with Gasteiger partial charge in [-0.1, -0.05) is 51.1 Å². The van der Waals surface area contributed by atoms with Gasteiger partial charge in [0.2, 0.25) is 0 Å². The average Bonchev–Trinajstić information content (AvgIpc) is 2.81. The van der Waals surface area contributed by atoms with Gasteiger partial charge in [0, 0.05) is 17.3 Å². The van der Waals surface area contributed by atoms with E-state index in [1.54, 1.807) is 11.3 Å². The Morgan fingerprint density at radius 1 is 1.11 bits per heavy atom. The molecule has 1 nitrogen and oxygen atoms in total. The number of nitrogens with two attached hydrogens (primary N) is 1. The molecule has 96 valence electrons. The number of benzene rings is 1. The Kier molecular flexibility index (Phi) is 3.88. The molecule has 1 unspecified atom stereocenters. The summed E-state index contributed by atoms with van der Waals surface area (Å²) in [6.45, 7) is 6.69. The smallest absolute Gasteiger partial charge is 0.0343 e. The minimum Gasteiger partial charge on any atom is -0.324 e. The maximum absolute atomic E-state index is 6.25.